The minimum atomic E-state index is 0.0162. The van der Waals surface area contributed by atoms with Gasteiger partial charge in [-0.1, -0.05) is 11.3 Å². The number of aryl methyl sites for hydroxylation is 1. The van der Waals surface area contributed by atoms with E-state index in [0.717, 1.165) is 38.4 Å². The molecule has 0 radical (unpaired) electrons. The van der Waals surface area contributed by atoms with Gasteiger partial charge in [-0.05, 0) is 24.6 Å². The lowest BCUT2D eigenvalue weighted by Crippen LogP contribution is -2.48. The smallest absolute Gasteiger partial charge is 0.307 e. The quantitative estimate of drug-likeness (QED) is 0.820. The maximum Gasteiger partial charge on any atom is 0.307 e. The number of carbonyl (C=O) groups is 1. The van der Waals surface area contributed by atoms with E-state index < -0.39 is 0 Å². The van der Waals surface area contributed by atoms with Crippen LogP contribution in [0.3, 0.4) is 0 Å². The fourth-order valence-corrected chi connectivity index (χ4v) is 3.70. The number of aromatic nitrogens is 2. The van der Waals surface area contributed by atoms with Gasteiger partial charge in [0.25, 0.3) is 0 Å². The topological polar surface area (TPSA) is 58.4 Å². The molecule has 2 aromatic rings. The molecule has 1 saturated heterocycles. The molecule has 0 unspecified atom stereocenters. The lowest BCUT2D eigenvalue weighted by atomic mass is 10.2. The van der Waals surface area contributed by atoms with Crippen LogP contribution in [0.4, 0.5) is 0 Å². The summed E-state index contributed by atoms with van der Waals surface area (Å²) in [4.78, 5) is 32.4. The molecule has 0 aromatic carbocycles. The normalized spacial score (nSPS) is 15.6. The summed E-state index contributed by atoms with van der Waals surface area (Å²) in [6.07, 6.45) is 4.01. The zero-order valence-electron chi connectivity index (χ0n) is 13.9. The van der Waals surface area contributed by atoms with Gasteiger partial charge in [0.05, 0.1) is 0 Å². The van der Waals surface area contributed by atoms with Gasteiger partial charge in [0.15, 0.2) is 0 Å². The van der Waals surface area contributed by atoms with Crippen LogP contribution >= 0.6 is 11.3 Å². The molecule has 2 aromatic heterocycles. The first-order valence-corrected chi connectivity index (χ1v) is 9.05. The third kappa shape index (κ3) is 4.10. The van der Waals surface area contributed by atoms with Crippen molar-refractivity contribution in [3.8, 4) is 0 Å². The summed E-state index contributed by atoms with van der Waals surface area (Å²) in [6.45, 7) is 6.54. The molecule has 0 spiro atoms. The number of amides is 1. The van der Waals surface area contributed by atoms with Gasteiger partial charge in [-0.15, -0.1) is 0 Å². The monoisotopic (exact) mass is 346 g/mol. The second kappa shape index (κ2) is 7.72. The van der Waals surface area contributed by atoms with Gasteiger partial charge in [0, 0.05) is 69.2 Å². The molecule has 7 heteroatoms. The molecule has 0 saturated carbocycles. The summed E-state index contributed by atoms with van der Waals surface area (Å²) in [5.41, 5.74) is 2.18. The number of nitrogens with zero attached hydrogens (tertiary/aromatic N) is 4. The van der Waals surface area contributed by atoms with Crippen LogP contribution in [0.15, 0.2) is 34.7 Å². The largest absolute Gasteiger partial charge is 0.340 e. The number of thiazole rings is 1. The standard InChI is InChI=1S/C17H22N4O2S/c1-14-13-24-17(23)21(14)7-4-16(22)20-10-8-19(9-11-20)12-15-2-5-18-6-3-15/h2-3,5-6,13H,4,7-12H2,1H3. The molecule has 1 aliphatic rings. The maximum absolute atomic E-state index is 12.4. The van der Waals surface area contributed by atoms with E-state index in [-0.39, 0.29) is 10.8 Å². The average molecular weight is 346 g/mol. The van der Waals surface area contributed by atoms with Crippen LogP contribution in [0.25, 0.3) is 0 Å². The summed E-state index contributed by atoms with van der Waals surface area (Å²) in [5.74, 6) is 0.135. The fourth-order valence-electron chi connectivity index (χ4n) is 2.94. The van der Waals surface area contributed by atoms with Crippen LogP contribution in [0, 0.1) is 6.92 Å². The van der Waals surface area contributed by atoms with Crippen LogP contribution in [0.2, 0.25) is 0 Å². The summed E-state index contributed by atoms with van der Waals surface area (Å²) >= 11 is 1.19. The second-order valence-electron chi connectivity index (χ2n) is 6.06. The Labute approximate surface area is 145 Å². The maximum atomic E-state index is 12.4. The van der Waals surface area contributed by atoms with Crippen molar-refractivity contribution in [1.29, 1.82) is 0 Å². The van der Waals surface area contributed by atoms with E-state index in [4.69, 9.17) is 0 Å². The Morgan fingerprint density at radius 2 is 1.92 bits per heavy atom. The SMILES string of the molecule is Cc1csc(=O)n1CCC(=O)N1CCN(Cc2ccncc2)CC1. The van der Waals surface area contributed by atoms with Crippen LogP contribution in [0.1, 0.15) is 17.7 Å². The average Bonchev–Trinajstić information content (AvgIpc) is 2.92. The summed E-state index contributed by atoms with van der Waals surface area (Å²) < 4.78 is 1.68. The van der Waals surface area contributed by atoms with Crippen LogP contribution in [0.5, 0.6) is 0 Å². The second-order valence-corrected chi connectivity index (χ2v) is 6.88. The Morgan fingerprint density at radius 3 is 2.54 bits per heavy atom. The Hall–Kier alpha value is -1.99. The number of piperazine rings is 1. The fraction of sp³-hybridized carbons (Fsp3) is 0.471. The predicted octanol–water partition coefficient (Wildman–Crippen LogP) is 1.35. The molecule has 24 heavy (non-hydrogen) atoms. The van der Waals surface area contributed by atoms with E-state index in [1.807, 2.05) is 41.7 Å². The van der Waals surface area contributed by atoms with E-state index in [1.165, 1.54) is 16.9 Å². The highest BCUT2D eigenvalue weighted by molar-refractivity contribution is 7.07. The van der Waals surface area contributed by atoms with Gasteiger partial charge in [-0.25, -0.2) is 0 Å². The molecule has 3 heterocycles. The van der Waals surface area contributed by atoms with E-state index in [0.29, 0.717) is 13.0 Å². The number of rotatable bonds is 5. The molecule has 6 nitrogen and oxygen atoms in total. The first-order valence-electron chi connectivity index (χ1n) is 8.17. The zero-order valence-corrected chi connectivity index (χ0v) is 14.7. The van der Waals surface area contributed by atoms with Crippen molar-refractivity contribution in [2.75, 3.05) is 26.2 Å². The van der Waals surface area contributed by atoms with Crippen molar-refractivity contribution in [3.05, 3.63) is 50.8 Å². The van der Waals surface area contributed by atoms with Crippen LogP contribution in [-0.4, -0.2) is 51.4 Å². The van der Waals surface area contributed by atoms with Crippen LogP contribution in [-0.2, 0) is 17.9 Å². The van der Waals surface area contributed by atoms with Crippen LogP contribution < -0.4 is 4.87 Å². The van der Waals surface area contributed by atoms with Gasteiger partial charge in [-0.3, -0.25) is 19.5 Å². The van der Waals surface area contributed by atoms with E-state index in [9.17, 15) is 9.59 Å². The third-order valence-corrected chi connectivity index (χ3v) is 5.29. The number of carbonyl (C=O) groups excluding carboxylic acids is 1. The van der Waals surface area contributed by atoms with Crippen molar-refractivity contribution < 1.29 is 4.79 Å². The predicted molar refractivity (Wildman–Crippen MR) is 94.0 cm³/mol. The van der Waals surface area contributed by atoms with Crippen molar-refractivity contribution in [2.24, 2.45) is 0 Å². The van der Waals surface area contributed by atoms with Gasteiger partial charge >= 0.3 is 4.87 Å². The summed E-state index contributed by atoms with van der Waals surface area (Å²) in [5, 5.41) is 1.84. The van der Waals surface area contributed by atoms with Gasteiger partial charge in [0.2, 0.25) is 5.91 Å². The lowest BCUT2D eigenvalue weighted by Gasteiger charge is -2.34. The minimum Gasteiger partial charge on any atom is -0.340 e. The molecule has 1 fully saturated rings. The van der Waals surface area contributed by atoms with E-state index in [1.54, 1.807) is 4.57 Å². The summed E-state index contributed by atoms with van der Waals surface area (Å²) in [6, 6.07) is 4.05. The number of hydrogen-bond donors (Lipinski definition) is 0. The highest BCUT2D eigenvalue weighted by atomic mass is 32.1. The number of pyridine rings is 1. The van der Waals surface area contributed by atoms with E-state index in [2.05, 4.69) is 9.88 Å². The molecule has 0 aliphatic carbocycles. The van der Waals surface area contributed by atoms with Crippen molar-refractivity contribution >= 4 is 17.2 Å². The highest BCUT2D eigenvalue weighted by Crippen LogP contribution is 2.09. The Balaban J connectivity index is 1.46. The number of hydrogen-bond acceptors (Lipinski definition) is 5. The molecular weight excluding hydrogens is 324 g/mol. The lowest BCUT2D eigenvalue weighted by molar-refractivity contribution is -0.133. The first kappa shape index (κ1) is 16.9. The molecule has 3 rings (SSSR count). The molecule has 1 aliphatic heterocycles. The molecule has 0 atom stereocenters. The molecule has 128 valence electrons. The van der Waals surface area contributed by atoms with Crippen molar-refractivity contribution in [2.45, 2.75) is 26.4 Å². The molecular formula is C17H22N4O2S. The van der Waals surface area contributed by atoms with Gasteiger partial charge < -0.3 is 9.47 Å². The Bertz CT molecular complexity index is 733. The molecule has 0 bridgehead atoms. The van der Waals surface area contributed by atoms with Gasteiger partial charge in [-0.2, -0.15) is 0 Å². The van der Waals surface area contributed by atoms with Crippen molar-refractivity contribution in [1.82, 2.24) is 19.4 Å². The third-order valence-electron chi connectivity index (χ3n) is 4.41. The molecule has 0 N–H and O–H groups in total. The van der Waals surface area contributed by atoms with E-state index >= 15 is 0 Å². The Kier molecular flexibility index (Phi) is 5.42. The minimum absolute atomic E-state index is 0.0162. The first-order chi connectivity index (χ1) is 11.6. The molecule has 1 amide bonds. The Morgan fingerprint density at radius 1 is 1.21 bits per heavy atom. The zero-order chi connectivity index (χ0) is 16.9. The highest BCUT2D eigenvalue weighted by Gasteiger charge is 2.21. The van der Waals surface area contributed by atoms with Gasteiger partial charge in [0.1, 0.15) is 0 Å². The summed E-state index contributed by atoms with van der Waals surface area (Å²) in [7, 11) is 0. The van der Waals surface area contributed by atoms with Crippen molar-refractivity contribution in [3.63, 3.8) is 0 Å².